The molecule has 0 amide bonds. The predicted octanol–water partition coefficient (Wildman–Crippen LogP) is 2.86. The van der Waals surface area contributed by atoms with Crippen LogP contribution in [0.3, 0.4) is 0 Å². The Morgan fingerprint density at radius 1 is 1.15 bits per heavy atom. The zero-order valence-corrected chi connectivity index (χ0v) is 11.0. The van der Waals surface area contributed by atoms with Gasteiger partial charge in [0.2, 0.25) is 0 Å². The van der Waals surface area contributed by atoms with Crippen LogP contribution in [0.25, 0.3) is 0 Å². The summed E-state index contributed by atoms with van der Waals surface area (Å²) in [5.74, 6) is -0.157. The Morgan fingerprint density at radius 2 is 1.90 bits per heavy atom. The van der Waals surface area contributed by atoms with Crippen LogP contribution in [-0.2, 0) is 11.3 Å². The van der Waals surface area contributed by atoms with Crippen LogP contribution in [0.15, 0.2) is 48.5 Å². The molecular weight excluding hydrogens is 256 g/mol. The molecule has 0 aliphatic rings. The van der Waals surface area contributed by atoms with Crippen LogP contribution in [0.4, 0.5) is 0 Å². The largest absolute Gasteiger partial charge is 0.488 e. The SMILES string of the molecule is COC(=O)c1ccc(C=O)cc1OCc1ccccc1. The van der Waals surface area contributed by atoms with E-state index < -0.39 is 5.97 Å². The third-order valence-corrected chi connectivity index (χ3v) is 2.78. The van der Waals surface area contributed by atoms with Gasteiger partial charge >= 0.3 is 5.97 Å². The summed E-state index contributed by atoms with van der Waals surface area (Å²) in [5.41, 5.74) is 1.72. The zero-order chi connectivity index (χ0) is 14.4. The Bertz CT molecular complexity index is 605. The number of carbonyl (C=O) groups excluding carboxylic acids is 2. The highest BCUT2D eigenvalue weighted by Crippen LogP contribution is 2.22. The van der Waals surface area contributed by atoms with Crippen molar-refractivity contribution in [2.75, 3.05) is 7.11 Å². The molecule has 0 aromatic heterocycles. The van der Waals surface area contributed by atoms with Gasteiger partial charge in [-0.1, -0.05) is 36.4 Å². The van der Waals surface area contributed by atoms with Crippen LogP contribution in [0.5, 0.6) is 5.75 Å². The van der Waals surface area contributed by atoms with Crippen molar-refractivity contribution >= 4 is 12.3 Å². The maximum Gasteiger partial charge on any atom is 0.341 e. The maximum absolute atomic E-state index is 11.7. The number of esters is 1. The molecule has 0 heterocycles. The Balaban J connectivity index is 2.24. The third kappa shape index (κ3) is 3.23. The van der Waals surface area contributed by atoms with E-state index in [1.807, 2.05) is 30.3 Å². The van der Waals surface area contributed by atoms with E-state index in [-0.39, 0.29) is 0 Å². The molecule has 0 radical (unpaired) electrons. The summed E-state index contributed by atoms with van der Waals surface area (Å²) < 4.78 is 10.3. The summed E-state index contributed by atoms with van der Waals surface area (Å²) in [6, 6.07) is 14.2. The number of rotatable bonds is 5. The van der Waals surface area contributed by atoms with E-state index in [4.69, 9.17) is 9.47 Å². The molecule has 2 aromatic carbocycles. The molecule has 2 aromatic rings. The third-order valence-electron chi connectivity index (χ3n) is 2.78. The lowest BCUT2D eigenvalue weighted by Crippen LogP contribution is -2.06. The van der Waals surface area contributed by atoms with Crippen molar-refractivity contribution in [2.45, 2.75) is 6.61 Å². The highest BCUT2D eigenvalue weighted by atomic mass is 16.5. The van der Waals surface area contributed by atoms with Gasteiger partial charge < -0.3 is 9.47 Å². The van der Waals surface area contributed by atoms with Crippen LogP contribution < -0.4 is 4.74 Å². The molecule has 0 atom stereocenters. The molecule has 4 heteroatoms. The van der Waals surface area contributed by atoms with E-state index in [1.54, 1.807) is 6.07 Å². The second-order valence-electron chi connectivity index (χ2n) is 4.14. The van der Waals surface area contributed by atoms with Crippen molar-refractivity contribution < 1.29 is 19.1 Å². The molecule has 4 nitrogen and oxygen atoms in total. The quantitative estimate of drug-likeness (QED) is 0.619. The monoisotopic (exact) mass is 270 g/mol. The second kappa shape index (κ2) is 6.52. The fourth-order valence-electron chi connectivity index (χ4n) is 1.75. The van der Waals surface area contributed by atoms with Gasteiger partial charge in [-0.3, -0.25) is 4.79 Å². The molecule has 0 fully saturated rings. The molecule has 0 N–H and O–H groups in total. The van der Waals surface area contributed by atoms with Crippen molar-refractivity contribution in [3.8, 4) is 5.75 Å². The molecule has 0 spiro atoms. The van der Waals surface area contributed by atoms with Crippen LogP contribution in [0.1, 0.15) is 26.3 Å². The molecule has 0 unspecified atom stereocenters. The molecular formula is C16H14O4. The number of aldehydes is 1. The van der Waals surface area contributed by atoms with Crippen molar-refractivity contribution in [1.29, 1.82) is 0 Å². The lowest BCUT2D eigenvalue weighted by molar-refractivity contribution is 0.0595. The Hall–Kier alpha value is -2.62. The van der Waals surface area contributed by atoms with Gasteiger partial charge in [0, 0.05) is 5.56 Å². The normalized spacial score (nSPS) is 9.85. The van der Waals surface area contributed by atoms with Gasteiger partial charge in [-0.05, 0) is 17.7 Å². The van der Waals surface area contributed by atoms with Gasteiger partial charge in [-0.25, -0.2) is 4.79 Å². The van der Waals surface area contributed by atoms with Gasteiger partial charge in [-0.2, -0.15) is 0 Å². The average molecular weight is 270 g/mol. The number of ether oxygens (including phenoxy) is 2. The molecule has 0 bridgehead atoms. The summed E-state index contributed by atoms with van der Waals surface area (Å²) in [6.45, 7) is 0.313. The Kier molecular flexibility index (Phi) is 4.50. The average Bonchev–Trinajstić information content (AvgIpc) is 2.52. The maximum atomic E-state index is 11.7. The summed E-state index contributed by atoms with van der Waals surface area (Å²) in [7, 11) is 1.30. The van der Waals surface area contributed by atoms with Gasteiger partial charge in [0.05, 0.1) is 7.11 Å². The smallest absolute Gasteiger partial charge is 0.341 e. The lowest BCUT2D eigenvalue weighted by atomic mass is 10.1. The first-order chi connectivity index (χ1) is 9.74. The Morgan fingerprint density at radius 3 is 2.55 bits per heavy atom. The molecule has 20 heavy (non-hydrogen) atoms. The number of methoxy groups -OCH3 is 1. The van der Waals surface area contributed by atoms with E-state index in [2.05, 4.69) is 0 Å². The minimum atomic E-state index is -0.495. The van der Waals surface area contributed by atoms with Crippen LogP contribution in [-0.4, -0.2) is 19.4 Å². The molecule has 2 rings (SSSR count). The van der Waals surface area contributed by atoms with Crippen LogP contribution in [0, 0.1) is 0 Å². The predicted molar refractivity (Wildman–Crippen MR) is 73.9 cm³/mol. The summed E-state index contributed by atoms with van der Waals surface area (Å²) in [5, 5.41) is 0. The number of carbonyl (C=O) groups is 2. The minimum Gasteiger partial charge on any atom is -0.488 e. The Labute approximate surface area is 116 Å². The number of benzene rings is 2. The zero-order valence-electron chi connectivity index (χ0n) is 11.0. The van der Waals surface area contributed by atoms with Crippen molar-refractivity contribution in [3.63, 3.8) is 0 Å². The summed E-state index contributed by atoms with van der Waals surface area (Å²) >= 11 is 0. The van der Waals surface area contributed by atoms with E-state index in [0.29, 0.717) is 29.8 Å². The molecule has 0 saturated carbocycles. The first-order valence-electron chi connectivity index (χ1n) is 6.09. The van der Waals surface area contributed by atoms with Crippen LogP contribution >= 0.6 is 0 Å². The first kappa shape index (κ1) is 13.8. The fraction of sp³-hybridized carbons (Fsp3) is 0.125. The highest BCUT2D eigenvalue weighted by molar-refractivity contribution is 5.93. The molecule has 102 valence electrons. The van der Waals surface area contributed by atoms with Gasteiger partial charge in [-0.15, -0.1) is 0 Å². The van der Waals surface area contributed by atoms with E-state index in [1.165, 1.54) is 19.2 Å². The minimum absolute atomic E-state index is 0.300. The summed E-state index contributed by atoms with van der Waals surface area (Å²) in [4.78, 5) is 22.5. The van der Waals surface area contributed by atoms with Gasteiger partial charge in [0.25, 0.3) is 0 Å². The second-order valence-corrected chi connectivity index (χ2v) is 4.14. The standard InChI is InChI=1S/C16H14O4/c1-19-16(18)14-8-7-13(10-17)9-15(14)20-11-12-5-3-2-4-6-12/h2-10H,11H2,1H3. The first-order valence-corrected chi connectivity index (χ1v) is 6.09. The molecule has 0 aliphatic carbocycles. The van der Waals surface area contributed by atoms with E-state index in [9.17, 15) is 9.59 Å². The highest BCUT2D eigenvalue weighted by Gasteiger charge is 2.13. The molecule has 0 saturated heterocycles. The van der Waals surface area contributed by atoms with Crippen molar-refractivity contribution in [1.82, 2.24) is 0 Å². The van der Waals surface area contributed by atoms with E-state index in [0.717, 1.165) is 5.56 Å². The summed E-state index contributed by atoms with van der Waals surface area (Å²) in [6.07, 6.45) is 0.705. The van der Waals surface area contributed by atoms with Gasteiger partial charge in [0.1, 0.15) is 24.2 Å². The van der Waals surface area contributed by atoms with Gasteiger partial charge in [0.15, 0.2) is 0 Å². The number of hydrogen-bond acceptors (Lipinski definition) is 4. The van der Waals surface area contributed by atoms with Crippen molar-refractivity contribution in [2.24, 2.45) is 0 Å². The topological polar surface area (TPSA) is 52.6 Å². The molecule has 0 aliphatic heterocycles. The fourth-order valence-corrected chi connectivity index (χ4v) is 1.75. The van der Waals surface area contributed by atoms with Crippen LogP contribution in [0.2, 0.25) is 0 Å². The van der Waals surface area contributed by atoms with E-state index >= 15 is 0 Å². The number of hydrogen-bond donors (Lipinski definition) is 0. The van der Waals surface area contributed by atoms with Crippen molar-refractivity contribution in [3.05, 3.63) is 65.2 Å². The lowest BCUT2D eigenvalue weighted by Gasteiger charge is -2.11.